The van der Waals surface area contributed by atoms with Crippen LogP contribution in [0.1, 0.15) is 183 Å². The van der Waals surface area contributed by atoms with Crippen molar-refractivity contribution in [3.8, 4) is 0 Å². The fourth-order valence-electron chi connectivity index (χ4n) is 6.44. The summed E-state index contributed by atoms with van der Waals surface area (Å²) in [6.45, 7) is 16.0. The smallest absolute Gasteiger partial charge is 0.0717 e. The van der Waals surface area contributed by atoms with E-state index < -0.39 is 17.6 Å². The van der Waals surface area contributed by atoms with Crippen LogP contribution >= 0.6 is 31.4 Å². The van der Waals surface area contributed by atoms with E-state index in [0.29, 0.717) is 11.5 Å². The van der Waals surface area contributed by atoms with Crippen LogP contribution in [-0.2, 0) is 9.47 Å². The maximum absolute atomic E-state index is 6.64. The normalized spacial score (nSPS) is 13.3. The Hall–Kier alpha value is 1.40. The summed E-state index contributed by atoms with van der Waals surface area (Å²) in [6.07, 6.45) is 29.9. The van der Waals surface area contributed by atoms with E-state index in [0.717, 1.165) is 13.2 Å². The minimum Gasteiger partial charge on any atom is -0.382 e. The summed E-state index contributed by atoms with van der Waals surface area (Å²) in [5.41, 5.74) is 1.26. The highest BCUT2D eigenvalue weighted by Crippen LogP contribution is 2.36. The molecule has 0 aromatic heterocycles. The Kier molecular flexibility index (Phi) is 39.4. The van der Waals surface area contributed by atoms with Gasteiger partial charge in [-0.3, -0.25) is 0 Å². The van der Waals surface area contributed by atoms with E-state index in [4.69, 9.17) is 9.47 Å². The fraction of sp³-hybridized carbons (Fsp3) is 1.00. The summed E-state index contributed by atoms with van der Waals surface area (Å²) in [5, 5.41) is 0. The van der Waals surface area contributed by atoms with E-state index in [1.807, 2.05) is 0 Å². The molecule has 0 aliphatic carbocycles. The molecule has 0 heterocycles. The highest BCUT2D eigenvalue weighted by Gasteiger charge is 2.24. The van der Waals surface area contributed by atoms with Crippen molar-refractivity contribution in [2.75, 3.05) is 24.7 Å². The highest BCUT2D eigenvalue weighted by molar-refractivity contribution is 9.09. The van der Waals surface area contributed by atoms with Gasteiger partial charge < -0.3 is 9.47 Å². The van der Waals surface area contributed by atoms with Crippen molar-refractivity contribution in [2.24, 2.45) is 0 Å². The van der Waals surface area contributed by atoms with Crippen molar-refractivity contribution >= 4 is 49.0 Å². The molecule has 0 N–H and O–H groups in total. The minimum atomic E-state index is -0.819. The Morgan fingerprint density at radius 3 is 1.04 bits per heavy atom. The predicted octanol–water partition coefficient (Wildman–Crippen LogP) is 14.0. The zero-order valence-electron chi connectivity index (χ0n) is 31.6. The second-order valence-corrected chi connectivity index (χ2v) is 25.0. The minimum absolute atomic E-state index is 0.632. The van der Waals surface area contributed by atoms with Crippen LogP contribution < -0.4 is 0 Å². The van der Waals surface area contributed by atoms with Gasteiger partial charge in [0.1, 0.15) is 0 Å². The molecule has 0 radical (unpaired) electrons. The predicted molar refractivity (Wildman–Crippen MR) is 221 cm³/mol. The molecule has 2 unspecified atom stereocenters. The molecule has 0 aliphatic rings. The van der Waals surface area contributed by atoms with E-state index >= 15 is 0 Å². The molecule has 0 spiro atoms. The maximum Gasteiger partial charge on any atom is 0.0717 e. The third kappa shape index (κ3) is 30.0. The molecular weight excluding hydrogens is 641 g/mol. The van der Waals surface area contributed by atoms with Gasteiger partial charge in [0, 0.05) is 36.2 Å². The van der Waals surface area contributed by atoms with Gasteiger partial charge in [-0.1, -0.05) is 190 Å². The van der Waals surface area contributed by atoms with Gasteiger partial charge in [0.2, 0.25) is 0 Å². The third-order valence-corrected chi connectivity index (χ3v) is 21.6. The molecule has 0 rings (SSSR count). The molecule has 2 nitrogen and oxygen atoms in total. The maximum atomic E-state index is 6.64. The van der Waals surface area contributed by atoms with Crippen molar-refractivity contribution in [2.45, 2.75) is 218 Å². The second-order valence-electron chi connectivity index (χ2n) is 13.7. The first-order chi connectivity index (χ1) is 22.2. The number of rotatable bonds is 38. The van der Waals surface area contributed by atoms with E-state index in [2.05, 4.69) is 73.0 Å². The van der Waals surface area contributed by atoms with E-state index in [-0.39, 0.29) is 0 Å². The standard InChI is InChI=1S/C38H82O2S3Si2/c1-7-13-23-33-44(34-24-14-8-2)37(39-29-17-11-5)27-19-21-31-41-43-42-32-22-20-28-38(40-30-18-12-6)45(35-25-15-9-3)36-26-16-10-4/h37-38,44-45H,7-36H2,1-6H3. The second kappa shape index (κ2) is 38.2. The quantitative estimate of drug-likeness (QED) is 0.0358. The fourth-order valence-corrected chi connectivity index (χ4v) is 18.0. The Bertz CT molecular complexity index is 495. The number of hydrogen-bond donors (Lipinski definition) is 0. The van der Waals surface area contributed by atoms with Gasteiger partial charge in [-0.15, -0.1) is 0 Å². The molecule has 0 aliphatic heterocycles. The number of unbranched alkanes of at least 4 members (excludes halogenated alkanes) is 12. The van der Waals surface area contributed by atoms with Gasteiger partial charge in [0.25, 0.3) is 0 Å². The Labute approximate surface area is 300 Å². The molecule has 0 saturated heterocycles. The van der Waals surface area contributed by atoms with Crippen LogP contribution in [0.25, 0.3) is 0 Å². The van der Waals surface area contributed by atoms with Gasteiger partial charge in [0.05, 0.1) is 17.6 Å². The van der Waals surface area contributed by atoms with Crippen LogP contribution in [0.5, 0.6) is 0 Å². The highest BCUT2D eigenvalue weighted by atomic mass is 33.5. The molecule has 0 bridgehead atoms. The third-order valence-electron chi connectivity index (χ3n) is 9.45. The van der Waals surface area contributed by atoms with Crippen molar-refractivity contribution in [1.29, 1.82) is 0 Å². The van der Waals surface area contributed by atoms with Crippen LogP contribution in [0.4, 0.5) is 0 Å². The average molecular weight is 723 g/mol. The van der Waals surface area contributed by atoms with Crippen molar-refractivity contribution in [1.82, 2.24) is 0 Å². The summed E-state index contributed by atoms with van der Waals surface area (Å²) < 4.78 is 13.3. The Balaban J connectivity index is 4.43. The van der Waals surface area contributed by atoms with Crippen LogP contribution in [0.3, 0.4) is 0 Å². The van der Waals surface area contributed by atoms with Crippen LogP contribution in [0.15, 0.2) is 0 Å². The average Bonchev–Trinajstić information content (AvgIpc) is 3.04. The lowest BCUT2D eigenvalue weighted by molar-refractivity contribution is 0.0914. The summed E-state index contributed by atoms with van der Waals surface area (Å²) in [6, 6.07) is 6.06. The molecule has 2 atom stereocenters. The van der Waals surface area contributed by atoms with Crippen molar-refractivity contribution < 1.29 is 9.47 Å². The van der Waals surface area contributed by atoms with E-state index in [9.17, 15) is 0 Å². The zero-order valence-corrected chi connectivity index (χ0v) is 36.3. The summed E-state index contributed by atoms with van der Waals surface area (Å²) in [7, 11) is 4.63. The number of ether oxygens (including phenoxy) is 2. The van der Waals surface area contributed by atoms with Gasteiger partial charge in [-0.2, -0.15) is 0 Å². The monoisotopic (exact) mass is 723 g/mol. The lowest BCUT2D eigenvalue weighted by atomic mass is 10.2. The van der Waals surface area contributed by atoms with Gasteiger partial charge >= 0.3 is 0 Å². The molecule has 0 saturated carbocycles. The van der Waals surface area contributed by atoms with Crippen LogP contribution in [0.2, 0.25) is 24.2 Å². The zero-order chi connectivity index (χ0) is 33.1. The lowest BCUT2D eigenvalue weighted by Gasteiger charge is -2.27. The molecule has 0 fully saturated rings. The summed E-state index contributed by atoms with van der Waals surface area (Å²) in [5.74, 6) is 2.60. The molecule has 7 heteroatoms. The molecule has 0 amide bonds. The van der Waals surface area contributed by atoms with E-state index in [1.165, 1.54) is 177 Å². The molecule has 0 aromatic rings. The first-order valence-electron chi connectivity index (χ1n) is 20.3. The SMILES string of the molecule is CCCCC[SiH](CCCCC)C(CCCCSSSCCCCC(OCCCC)[SiH](CCCCC)CCCCC)OCCCC. The summed E-state index contributed by atoms with van der Waals surface area (Å²) >= 11 is 0. The van der Waals surface area contributed by atoms with Crippen LogP contribution in [-0.4, -0.2) is 53.8 Å². The van der Waals surface area contributed by atoms with Crippen LogP contribution in [0, 0.1) is 0 Å². The molecule has 272 valence electrons. The molecule has 0 aromatic carbocycles. The topological polar surface area (TPSA) is 18.5 Å². The lowest BCUT2D eigenvalue weighted by Crippen LogP contribution is -2.34. The van der Waals surface area contributed by atoms with Gasteiger partial charge in [-0.25, -0.2) is 0 Å². The Morgan fingerprint density at radius 1 is 0.400 bits per heavy atom. The molecule has 45 heavy (non-hydrogen) atoms. The van der Waals surface area contributed by atoms with Crippen molar-refractivity contribution in [3.05, 3.63) is 0 Å². The Morgan fingerprint density at radius 2 is 0.733 bits per heavy atom. The first-order valence-corrected chi connectivity index (χ1v) is 28.7. The largest absolute Gasteiger partial charge is 0.382 e. The molecular formula is C38H82O2S3Si2. The van der Waals surface area contributed by atoms with Crippen molar-refractivity contribution in [3.63, 3.8) is 0 Å². The summed E-state index contributed by atoms with van der Waals surface area (Å²) in [4.78, 5) is 0. The van der Waals surface area contributed by atoms with Gasteiger partial charge in [0.15, 0.2) is 0 Å². The van der Waals surface area contributed by atoms with E-state index in [1.54, 1.807) is 0 Å². The first kappa shape index (κ1) is 46.4. The van der Waals surface area contributed by atoms with Gasteiger partial charge in [-0.05, 0) is 48.4 Å². The number of hydrogen-bond acceptors (Lipinski definition) is 5.